The Morgan fingerprint density at radius 3 is 2.64 bits per heavy atom. The number of hydrogen-bond acceptors (Lipinski definition) is 3. The van der Waals surface area contributed by atoms with Crippen LogP contribution < -0.4 is 4.74 Å². The van der Waals surface area contributed by atoms with Crippen molar-refractivity contribution in [3.05, 3.63) is 23.0 Å². The maximum absolute atomic E-state index is 12.6. The van der Waals surface area contributed by atoms with Crippen LogP contribution in [0.1, 0.15) is 23.2 Å². The number of pyridine rings is 1. The standard InChI is InChI=1S/C9H8F2N2O/c1-5-4-13-6(3-12)7(9(10)11)8(5)14-2/h4,9H,1-2H3. The summed E-state index contributed by atoms with van der Waals surface area (Å²) in [5.41, 5.74) is -0.237. The largest absolute Gasteiger partial charge is 0.496 e. The Balaban J connectivity index is 3.46. The van der Waals surface area contributed by atoms with E-state index in [0.29, 0.717) is 5.56 Å². The van der Waals surface area contributed by atoms with E-state index in [1.165, 1.54) is 13.3 Å². The summed E-state index contributed by atoms with van der Waals surface area (Å²) < 4.78 is 30.0. The highest BCUT2D eigenvalue weighted by molar-refractivity contribution is 5.47. The van der Waals surface area contributed by atoms with E-state index in [-0.39, 0.29) is 11.4 Å². The van der Waals surface area contributed by atoms with Crippen LogP contribution in [-0.4, -0.2) is 12.1 Å². The molecule has 0 aromatic carbocycles. The first-order chi connectivity index (χ1) is 6.61. The average molecular weight is 198 g/mol. The van der Waals surface area contributed by atoms with Crippen LogP contribution in [0, 0.1) is 18.3 Å². The van der Waals surface area contributed by atoms with Gasteiger partial charge in [-0.3, -0.25) is 0 Å². The van der Waals surface area contributed by atoms with Gasteiger partial charge in [0.2, 0.25) is 0 Å². The Morgan fingerprint density at radius 2 is 2.21 bits per heavy atom. The van der Waals surface area contributed by atoms with Crippen molar-refractivity contribution in [2.24, 2.45) is 0 Å². The van der Waals surface area contributed by atoms with Gasteiger partial charge in [-0.2, -0.15) is 5.26 Å². The summed E-state index contributed by atoms with van der Waals surface area (Å²) in [6.07, 6.45) is -1.42. The first-order valence-electron chi connectivity index (χ1n) is 3.83. The Labute approximate surface area is 79.9 Å². The Hall–Kier alpha value is -1.70. The molecule has 0 aliphatic heterocycles. The Kier molecular flexibility index (Phi) is 2.97. The number of nitrogens with zero attached hydrogens (tertiary/aromatic N) is 2. The number of nitriles is 1. The van der Waals surface area contributed by atoms with E-state index < -0.39 is 12.0 Å². The second-order valence-corrected chi connectivity index (χ2v) is 2.65. The van der Waals surface area contributed by atoms with Gasteiger partial charge in [0.25, 0.3) is 6.43 Å². The van der Waals surface area contributed by atoms with E-state index in [1.54, 1.807) is 13.0 Å². The number of methoxy groups -OCH3 is 1. The molecule has 0 fully saturated rings. The van der Waals surface area contributed by atoms with E-state index in [1.807, 2.05) is 0 Å². The van der Waals surface area contributed by atoms with Gasteiger partial charge in [0.15, 0.2) is 5.69 Å². The summed E-state index contributed by atoms with van der Waals surface area (Å²) in [6.45, 7) is 1.60. The van der Waals surface area contributed by atoms with Crippen molar-refractivity contribution in [2.75, 3.05) is 7.11 Å². The highest BCUT2D eigenvalue weighted by Gasteiger charge is 2.21. The van der Waals surface area contributed by atoms with Gasteiger partial charge in [-0.15, -0.1) is 0 Å². The summed E-state index contributed by atoms with van der Waals surface area (Å²) in [6, 6.07) is 1.61. The number of hydrogen-bond donors (Lipinski definition) is 0. The second kappa shape index (κ2) is 4.01. The van der Waals surface area contributed by atoms with Gasteiger partial charge in [-0.05, 0) is 6.92 Å². The van der Waals surface area contributed by atoms with Crippen LogP contribution in [0.5, 0.6) is 5.75 Å². The molecule has 14 heavy (non-hydrogen) atoms. The number of halogens is 2. The van der Waals surface area contributed by atoms with Crippen LogP contribution in [0.3, 0.4) is 0 Å². The summed E-state index contributed by atoms with van der Waals surface area (Å²) in [4.78, 5) is 3.61. The quantitative estimate of drug-likeness (QED) is 0.731. The zero-order chi connectivity index (χ0) is 10.7. The summed E-state index contributed by atoms with van der Waals surface area (Å²) in [5, 5.41) is 8.58. The van der Waals surface area contributed by atoms with Crippen molar-refractivity contribution in [1.82, 2.24) is 4.98 Å². The van der Waals surface area contributed by atoms with Crippen molar-refractivity contribution in [3.8, 4) is 11.8 Å². The van der Waals surface area contributed by atoms with Crippen LogP contribution >= 0.6 is 0 Å². The van der Waals surface area contributed by atoms with Crippen LogP contribution in [0.4, 0.5) is 8.78 Å². The van der Waals surface area contributed by atoms with Crippen LogP contribution in [0.15, 0.2) is 6.20 Å². The van der Waals surface area contributed by atoms with Gasteiger partial charge < -0.3 is 4.74 Å². The molecule has 1 heterocycles. The third-order valence-corrected chi connectivity index (χ3v) is 1.77. The van der Waals surface area contributed by atoms with Crippen molar-refractivity contribution in [2.45, 2.75) is 13.3 Å². The second-order valence-electron chi connectivity index (χ2n) is 2.65. The molecule has 0 saturated carbocycles. The molecule has 0 atom stereocenters. The van der Waals surface area contributed by atoms with Gasteiger partial charge in [-0.1, -0.05) is 0 Å². The predicted octanol–water partition coefficient (Wildman–Crippen LogP) is 2.21. The minimum atomic E-state index is -2.76. The molecule has 0 spiro atoms. The molecule has 1 aromatic heterocycles. The van der Waals surface area contributed by atoms with E-state index >= 15 is 0 Å². The summed E-state index contributed by atoms with van der Waals surface area (Å²) >= 11 is 0. The average Bonchev–Trinajstić information content (AvgIpc) is 2.17. The molecule has 74 valence electrons. The lowest BCUT2D eigenvalue weighted by molar-refractivity contribution is 0.146. The number of aryl methyl sites for hydroxylation is 1. The summed E-state index contributed by atoms with van der Waals surface area (Å²) in [7, 11) is 1.29. The predicted molar refractivity (Wildman–Crippen MR) is 45.2 cm³/mol. The summed E-state index contributed by atoms with van der Waals surface area (Å²) in [5.74, 6) is 0.0338. The molecule has 0 bridgehead atoms. The fraction of sp³-hybridized carbons (Fsp3) is 0.333. The van der Waals surface area contributed by atoms with Gasteiger partial charge in [0.05, 0.1) is 12.7 Å². The minimum Gasteiger partial charge on any atom is -0.496 e. The first kappa shape index (κ1) is 10.4. The molecule has 0 radical (unpaired) electrons. The van der Waals surface area contributed by atoms with Gasteiger partial charge in [-0.25, -0.2) is 13.8 Å². The van der Waals surface area contributed by atoms with E-state index in [0.717, 1.165) is 0 Å². The molecule has 1 rings (SSSR count). The molecule has 5 heteroatoms. The van der Waals surface area contributed by atoms with Crippen molar-refractivity contribution >= 4 is 0 Å². The molecular weight excluding hydrogens is 190 g/mol. The number of alkyl halides is 2. The third kappa shape index (κ3) is 1.64. The SMILES string of the molecule is COc1c(C)cnc(C#N)c1C(F)F. The maximum Gasteiger partial charge on any atom is 0.270 e. The fourth-order valence-electron chi connectivity index (χ4n) is 1.17. The third-order valence-electron chi connectivity index (χ3n) is 1.77. The normalized spacial score (nSPS) is 10.0. The van der Waals surface area contributed by atoms with Crippen LogP contribution in [0.25, 0.3) is 0 Å². The lowest BCUT2D eigenvalue weighted by Gasteiger charge is -2.10. The molecule has 0 aliphatic rings. The zero-order valence-electron chi connectivity index (χ0n) is 7.71. The molecule has 0 amide bonds. The van der Waals surface area contributed by atoms with Gasteiger partial charge in [0.1, 0.15) is 11.8 Å². The lowest BCUT2D eigenvalue weighted by atomic mass is 10.1. The smallest absolute Gasteiger partial charge is 0.270 e. The fourth-order valence-corrected chi connectivity index (χ4v) is 1.17. The Bertz CT molecular complexity index is 385. The van der Waals surface area contributed by atoms with Crippen molar-refractivity contribution < 1.29 is 13.5 Å². The molecular formula is C9H8F2N2O. The molecule has 0 N–H and O–H groups in total. The monoisotopic (exact) mass is 198 g/mol. The zero-order valence-corrected chi connectivity index (χ0v) is 7.71. The molecule has 3 nitrogen and oxygen atoms in total. The highest BCUT2D eigenvalue weighted by atomic mass is 19.3. The van der Waals surface area contributed by atoms with E-state index in [4.69, 9.17) is 10.00 Å². The number of ether oxygens (including phenoxy) is 1. The highest BCUT2D eigenvalue weighted by Crippen LogP contribution is 2.33. The first-order valence-corrected chi connectivity index (χ1v) is 3.83. The van der Waals surface area contributed by atoms with Crippen LogP contribution in [0.2, 0.25) is 0 Å². The van der Waals surface area contributed by atoms with Crippen LogP contribution in [-0.2, 0) is 0 Å². The van der Waals surface area contributed by atoms with Crippen molar-refractivity contribution in [3.63, 3.8) is 0 Å². The Morgan fingerprint density at radius 1 is 1.57 bits per heavy atom. The molecule has 0 saturated heterocycles. The van der Waals surface area contributed by atoms with Gasteiger partial charge >= 0.3 is 0 Å². The molecule has 1 aromatic rings. The van der Waals surface area contributed by atoms with E-state index in [9.17, 15) is 8.78 Å². The molecule has 0 aliphatic carbocycles. The lowest BCUT2D eigenvalue weighted by Crippen LogP contribution is -2.01. The number of rotatable bonds is 2. The van der Waals surface area contributed by atoms with E-state index in [2.05, 4.69) is 4.98 Å². The minimum absolute atomic E-state index is 0.0338. The van der Waals surface area contributed by atoms with Gasteiger partial charge in [0, 0.05) is 11.8 Å². The van der Waals surface area contributed by atoms with Crippen molar-refractivity contribution in [1.29, 1.82) is 5.26 Å². The number of aromatic nitrogens is 1. The topological polar surface area (TPSA) is 45.9 Å². The molecule has 0 unspecified atom stereocenters. The maximum atomic E-state index is 12.6.